The molecule has 7 heteroatoms. The van der Waals surface area contributed by atoms with Gasteiger partial charge in [0, 0.05) is 5.88 Å². The standard InChI is InChI=1S/C11H8ClF2NO3/c1-17-10(16)8-2-7(5-15)9(18-11(13)14)3-6(8)4-12/h2-3,11H,4H2,1H3. The Hall–Kier alpha value is -1.87. The fourth-order valence-electron chi connectivity index (χ4n) is 1.31. The van der Waals surface area contributed by atoms with Gasteiger partial charge >= 0.3 is 12.6 Å². The highest BCUT2D eigenvalue weighted by Crippen LogP contribution is 2.26. The molecular formula is C11H8ClF2NO3. The van der Waals surface area contributed by atoms with Gasteiger partial charge in [-0.15, -0.1) is 11.6 Å². The van der Waals surface area contributed by atoms with Gasteiger partial charge in [-0.2, -0.15) is 14.0 Å². The van der Waals surface area contributed by atoms with Crippen molar-refractivity contribution in [2.45, 2.75) is 12.5 Å². The van der Waals surface area contributed by atoms with E-state index >= 15 is 0 Å². The minimum Gasteiger partial charge on any atom is -0.465 e. The predicted octanol–water partition coefficient (Wildman–Crippen LogP) is 2.69. The lowest BCUT2D eigenvalue weighted by molar-refractivity contribution is -0.0500. The van der Waals surface area contributed by atoms with E-state index in [0.717, 1.165) is 19.2 Å². The van der Waals surface area contributed by atoms with Crippen LogP contribution in [0.3, 0.4) is 0 Å². The molecule has 0 fully saturated rings. The third kappa shape index (κ3) is 3.08. The average Bonchev–Trinajstić information content (AvgIpc) is 2.36. The number of hydrogen-bond acceptors (Lipinski definition) is 4. The Labute approximate surface area is 107 Å². The van der Waals surface area contributed by atoms with E-state index in [4.69, 9.17) is 16.9 Å². The number of methoxy groups -OCH3 is 1. The van der Waals surface area contributed by atoms with Crippen molar-refractivity contribution in [3.63, 3.8) is 0 Å². The Morgan fingerprint density at radius 2 is 2.22 bits per heavy atom. The zero-order chi connectivity index (χ0) is 13.7. The molecular weight excluding hydrogens is 268 g/mol. The number of carbonyl (C=O) groups is 1. The first-order chi connectivity index (χ1) is 8.53. The maximum atomic E-state index is 12.1. The van der Waals surface area contributed by atoms with Crippen LogP contribution in [-0.4, -0.2) is 19.7 Å². The zero-order valence-corrected chi connectivity index (χ0v) is 10.0. The summed E-state index contributed by atoms with van der Waals surface area (Å²) < 4.78 is 33.0. The first-order valence-electron chi connectivity index (χ1n) is 4.69. The van der Waals surface area contributed by atoms with E-state index in [2.05, 4.69) is 9.47 Å². The van der Waals surface area contributed by atoms with Crippen molar-refractivity contribution in [3.8, 4) is 11.8 Å². The lowest BCUT2D eigenvalue weighted by Gasteiger charge is -2.11. The van der Waals surface area contributed by atoms with Crippen LogP contribution in [0.2, 0.25) is 0 Å². The highest BCUT2D eigenvalue weighted by molar-refractivity contribution is 6.17. The van der Waals surface area contributed by atoms with Crippen molar-refractivity contribution in [1.29, 1.82) is 5.26 Å². The lowest BCUT2D eigenvalue weighted by atomic mass is 10.0. The van der Waals surface area contributed by atoms with Gasteiger partial charge in [0.1, 0.15) is 11.8 Å². The molecule has 1 aromatic rings. The number of ether oxygens (including phenoxy) is 2. The summed E-state index contributed by atoms with van der Waals surface area (Å²) in [4.78, 5) is 11.4. The Morgan fingerprint density at radius 3 is 2.67 bits per heavy atom. The first-order valence-corrected chi connectivity index (χ1v) is 5.23. The summed E-state index contributed by atoms with van der Waals surface area (Å²) >= 11 is 5.60. The van der Waals surface area contributed by atoms with E-state index in [1.807, 2.05) is 0 Å². The highest BCUT2D eigenvalue weighted by atomic mass is 35.5. The zero-order valence-electron chi connectivity index (χ0n) is 9.25. The molecule has 0 atom stereocenters. The SMILES string of the molecule is COC(=O)c1cc(C#N)c(OC(F)F)cc1CCl. The molecule has 0 amide bonds. The van der Waals surface area contributed by atoms with Crippen LogP contribution in [0.25, 0.3) is 0 Å². The quantitative estimate of drug-likeness (QED) is 0.626. The van der Waals surface area contributed by atoms with E-state index in [-0.39, 0.29) is 28.3 Å². The second-order valence-corrected chi connectivity index (χ2v) is 3.39. The van der Waals surface area contributed by atoms with Gasteiger partial charge in [0.05, 0.1) is 18.2 Å². The Balaban J connectivity index is 3.33. The number of hydrogen-bond donors (Lipinski definition) is 0. The fraction of sp³-hybridized carbons (Fsp3) is 0.273. The van der Waals surface area contributed by atoms with Gasteiger partial charge in [-0.1, -0.05) is 0 Å². The summed E-state index contributed by atoms with van der Waals surface area (Å²) in [5.74, 6) is -1.13. The molecule has 0 spiro atoms. The van der Waals surface area contributed by atoms with Gasteiger partial charge in [0.2, 0.25) is 0 Å². The highest BCUT2D eigenvalue weighted by Gasteiger charge is 2.18. The van der Waals surface area contributed by atoms with Gasteiger partial charge in [-0.25, -0.2) is 4.79 Å². The topological polar surface area (TPSA) is 59.3 Å². The maximum absolute atomic E-state index is 12.1. The number of rotatable bonds is 4. The second kappa shape index (κ2) is 6.17. The van der Waals surface area contributed by atoms with Crippen molar-refractivity contribution in [1.82, 2.24) is 0 Å². The molecule has 1 aromatic carbocycles. The van der Waals surface area contributed by atoms with Gasteiger partial charge in [0.25, 0.3) is 0 Å². The third-order valence-corrected chi connectivity index (χ3v) is 2.38. The number of alkyl halides is 3. The number of nitriles is 1. The normalized spacial score (nSPS) is 10.0. The molecule has 0 aromatic heterocycles. The third-order valence-electron chi connectivity index (χ3n) is 2.09. The van der Waals surface area contributed by atoms with E-state index < -0.39 is 12.6 Å². The summed E-state index contributed by atoms with van der Waals surface area (Å²) in [6.07, 6.45) is 0. The van der Waals surface area contributed by atoms with Crippen LogP contribution in [-0.2, 0) is 10.6 Å². The molecule has 0 saturated heterocycles. The smallest absolute Gasteiger partial charge is 0.387 e. The molecule has 1 rings (SSSR count). The number of benzene rings is 1. The van der Waals surface area contributed by atoms with E-state index in [0.29, 0.717) is 0 Å². The predicted molar refractivity (Wildman–Crippen MR) is 58.7 cm³/mol. The molecule has 0 unspecified atom stereocenters. The largest absolute Gasteiger partial charge is 0.465 e. The van der Waals surface area contributed by atoms with Crippen molar-refractivity contribution in [2.24, 2.45) is 0 Å². The summed E-state index contributed by atoms with van der Waals surface area (Å²) in [6.45, 7) is -3.07. The van der Waals surface area contributed by atoms with Gasteiger partial charge in [0.15, 0.2) is 0 Å². The second-order valence-electron chi connectivity index (χ2n) is 3.12. The molecule has 0 aliphatic heterocycles. The first kappa shape index (κ1) is 14.2. The molecule has 0 bridgehead atoms. The summed E-state index contributed by atoms with van der Waals surface area (Å²) in [5.41, 5.74) is 0.105. The monoisotopic (exact) mass is 275 g/mol. The molecule has 0 saturated carbocycles. The molecule has 96 valence electrons. The summed E-state index contributed by atoms with van der Waals surface area (Å²) in [5, 5.41) is 8.81. The molecule has 0 radical (unpaired) electrons. The molecule has 4 nitrogen and oxygen atoms in total. The molecule has 18 heavy (non-hydrogen) atoms. The Bertz CT molecular complexity index is 500. The van der Waals surface area contributed by atoms with Crippen LogP contribution in [0.4, 0.5) is 8.78 Å². The van der Waals surface area contributed by atoms with Crippen LogP contribution in [0, 0.1) is 11.3 Å². The molecule has 0 aliphatic rings. The Morgan fingerprint density at radius 1 is 1.56 bits per heavy atom. The minimum atomic E-state index is -3.07. The van der Waals surface area contributed by atoms with Crippen LogP contribution in [0.5, 0.6) is 5.75 Å². The van der Waals surface area contributed by atoms with E-state index in [1.54, 1.807) is 6.07 Å². The van der Waals surface area contributed by atoms with Gasteiger partial charge in [-0.3, -0.25) is 0 Å². The average molecular weight is 276 g/mol. The van der Waals surface area contributed by atoms with E-state index in [1.165, 1.54) is 0 Å². The van der Waals surface area contributed by atoms with Crippen LogP contribution in [0.15, 0.2) is 12.1 Å². The van der Waals surface area contributed by atoms with Crippen LogP contribution in [0.1, 0.15) is 21.5 Å². The van der Waals surface area contributed by atoms with Crippen molar-refractivity contribution in [3.05, 3.63) is 28.8 Å². The van der Waals surface area contributed by atoms with Crippen LogP contribution < -0.4 is 4.74 Å². The molecule has 0 N–H and O–H groups in total. The number of nitrogens with zero attached hydrogens (tertiary/aromatic N) is 1. The summed E-state index contributed by atoms with van der Waals surface area (Å²) in [7, 11) is 1.16. The lowest BCUT2D eigenvalue weighted by Crippen LogP contribution is -2.09. The number of halogens is 3. The maximum Gasteiger partial charge on any atom is 0.387 e. The number of carbonyl (C=O) groups excluding carboxylic acids is 1. The van der Waals surface area contributed by atoms with Crippen molar-refractivity contribution >= 4 is 17.6 Å². The minimum absolute atomic E-state index is 0.0469. The number of esters is 1. The van der Waals surface area contributed by atoms with Crippen molar-refractivity contribution < 1.29 is 23.0 Å². The van der Waals surface area contributed by atoms with Gasteiger partial charge in [-0.05, 0) is 17.7 Å². The Kier molecular flexibility index (Phi) is 4.86. The fourth-order valence-corrected chi connectivity index (χ4v) is 1.53. The summed E-state index contributed by atoms with van der Waals surface area (Å²) in [6, 6.07) is 3.90. The van der Waals surface area contributed by atoms with E-state index in [9.17, 15) is 13.6 Å². The molecule has 0 heterocycles. The molecule has 0 aliphatic carbocycles. The van der Waals surface area contributed by atoms with Crippen molar-refractivity contribution in [2.75, 3.05) is 7.11 Å². The van der Waals surface area contributed by atoms with Crippen LogP contribution >= 0.6 is 11.6 Å². The van der Waals surface area contributed by atoms with Gasteiger partial charge < -0.3 is 9.47 Å².